The molecule has 1 aromatic carbocycles. The Hall–Kier alpha value is -2.63. The highest BCUT2D eigenvalue weighted by Gasteiger charge is 2.72. The van der Waals surface area contributed by atoms with E-state index in [1.54, 1.807) is 38.4 Å². The Labute approximate surface area is 127 Å². The average molecular weight is 299 g/mol. The van der Waals surface area contributed by atoms with Crippen LogP contribution in [0.2, 0.25) is 0 Å². The van der Waals surface area contributed by atoms with E-state index in [0.29, 0.717) is 12.1 Å². The quantitative estimate of drug-likeness (QED) is 0.756. The van der Waals surface area contributed by atoms with Crippen molar-refractivity contribution in [3.63, 3.8) is 0 Å². The summed E-state index contributed by atoms with van der Waals surface area (Å²) < 4.78 is 0. The molecule has 1 heterocycles. The van der Waals surface area contributed by atoms with Crippen LogP contribution in [-0.4, -0.2) is 27.0 Å². The minimum Gasteiger partial charge on any atom is -0.480 e. The Kier molecular flexibility index (Phi) is 3.05. The fraction of sp³-hybridized carbons (Fsp3) is 0.312. The normalized spacial score (nSPS) is 22.1. The molecule has 114 valence electrons. The molecule has 6 heteroatoms. The number of rotatable bonds is 4. The number of aromatic nitrogens is 2. The second-order valence-electron chi connectivity index (χ2n) is 6.24. The molecule has 1 aliphatic carbocycles. The van der Waals surface area contributed by atoms with E-state index < -0.39 is 22.7 Å². The number of carbonyl (C=O) groups is 2. The number of aliphatic carboxylic acids is 1. The van der Waals surface area contributed by atoms with Crippen LogP contribution in [-0.2, 0) is 9.59 Å². The first-order valence-corrected chi connectivity index (χ1v) is 7.01. The number of hydrogen-bond donors (Lipinski definition) is 3. The molecule has 3 rings (SSSR count). The SMILES string of the molecule is CC1(C)CC1(C(=O)O)C(=O)Nc1ccc(-c2ncc[nH]2)cc1. The maximum absolute atomic E-state index is 12.4. The topological polar surface area (TPSA) is 95.1 Å². The summed E-state index contributed by atoms with van der Waals surface area (Å²) in [7, 11) is 0. The number of imidazole rings is 1. The maximum Gasteiger partial charge on any atom is 0.319 e. The molecule has 22 heavy (non-hydrogen) atoms. The van der Waals surface area contributed by atoms with Crippen molar-refractivity contribution in [2.45, 2.75) is 20.3 Å². The molecule has 1 unspecified atom stereocenters. The summed E-state index contributed by atoms with van der Waals surface area (Å²) in [6, 6.07) is 7.11. The molecule has 0 aliphatic heterocycles. The van der Waals surface area contributed by atoms with E-state index in [1.165, 1.54) is 0 Å². The van der Waals surface area contributed by atoms with Gasteiger partial charge in [-0.15, -0.1) is 0 Å². The highest BCUT2D eigenvalue weighted by molar-refractivity contribution is 6.12. The number of nitrogens with zero attached hydrogens (tertiary/aromatic N) is 1. The standard InChI is InChI=1S/C16H17N3O3/c1-15(2)9-16(15,14(21)22)13(20)19-11-5-3-10(4-6-11)12-17-7-8-18-12/h3-8H,9H2,1-2H3,(H,17,18)(H,19,20)(H,21,22). The number of carboxylic acid groups (broad SMARTS) is 1. The third-order valence-electron chi connectivity index (χ3n) is 4.40. The van der Waals surface area contributed by atoms with Crippen LogP contribution in [0.1, 0.15) is 20.3 Å². The lowest BCUT2D eigenvalue weighted by Crippen LogP contribution is -2.35. The van der Waals surface area contributed by atoms with Gasteiger partial charge in [-0.2, -0.15) is 0 Å². The lowest BCUT2D eigenvalue weighted by atomic mass is 9.95. The van der Waals surface area contributed by atoms with Crippen molar-refractivity contribution in [3.05, 3.63) is 36.7 Å². The van der Waals surface area contributed by atoms with E-state index in [9.17, 15) is 14.7 Å². The number of benzene rings is 1. The zero-order valence-corrected chi connectivity index (χ0v) is 12.4. The van der Waals surface area contributed by atoms with E-state index in [-0.39, 0.29) is 0 Å². The number of carbonyl (C=O) groups excluding carboxylic acids is 1. The van der Waals surface area contributed by atoms with Crippen LogP contribution in [0.4, 0.5) is 5.69 Å². The molecule has 0 radical (unpaired) electrons. The van der Waals surface area contributed by atoms with Crippen LogP contribution in [0.25, 0.3) is 11.4 Å². The highest BCUT2D eigenvalue weighted by Crippen LogP contribution is 2.64. The van der Waals surface area contributed by atoms with Gasteiger partial charge in [-0.25, -0.2) is 4.98 Å². The molecule has 1 fully saturated rings. The Balaban J connectivity index is 1.77. The zero-order chi connectivity index (χ0) is 16.0. The number of carboxylic acids is 1. The molecule has 6 nitrogen and oxygen atoms in total. The third-order valence-corrected chi connectivity index (χ3v) is 4.40. The Morgan fingerprint density at radius 3 is 2.36 bits per heavy atom. The molecule has 1 atom stereocenters. The van der Waals surface area contributed by atoms with Gasteiger partial charge >= 0.3 is 5.97 Å². The van der Waals surface area contributed by atoms with Gasteiger partial charge in [0.1, 0.15) is 5.82 Å². The van der Waals surface area contributed by atoms with E-state index in [4.69, 9.17) is 0 Å². The molecule has 1 amide bonds. The molecule has 1 aliphatic rings. The molecule has 2 aromatic rings. The fourth-order valence-electron chi connectivity index (χ4n) is 2.84. The van der Waals surface area contributed by atoms with Gasteiger partial charge in [-0.3, -0.25) is 9.59 Å². The van der Waals surface area contributed by atoms with E-state index >= 15 is 0 Å². The van der Waals surface area contributed by atoms with E-state index in [0.717, 1.165) is 11.4 Å². The first-order chi connectivity index (χ1) is 10.4. The predicted octanol–water partition coefficient (Wildman–Crippen LogP) is 2.52. The summed E-state index contributed by atoms with van der Waals surface area (Å²) in [6.07, 6.45) is 3.75. The van der Waals surface area contributed by atoms with Crippen LogP contribution < -0.4 is 5.32 Å². The van der Waals surface area contributed by atoms with Crippen LogP contribution in [0.3, 0.4) is 0 Å². The largest absolute Gasteiger partial charge is 0.480 e. The van der Waals surface area contributed by atoms with Gasteiger partial charge in [0.05, 0.1) is 0 Å². The minimum atomic E-state index is -1.33. The van der Waals surface area contributed by atoms with Gasteiger partial charge in [0, 0.05) is 23.6 Å². The number of hydrogen-bond acceptors (Lipinski definition) is 3. The molecule has 1 saturated carbocycles. The minimum absolute atomic E-state index is 0.353. The summed E-state index contributed by atoms with van der Waals surface area (Å²) in [5, 5.41) is 12.1. The molecule has 1 aromatic heterocycles. The van der Waals surface area contributed by atoms with Gasteiger partial charge in [-0.05, 0) is 36.1 Å². The van der Waals surface area contributed by atoms with Gasteiger partial charge in [0.2, 0.25) is 5.91 Å². The van der Waals surface area contributed by atoms with Gasteiger partial charge < -0.3 is 15.4 Å². The number of amides is 1. The Morgan fingerprint density at radius 1 is 1.27 bits per heavy atom. The third kappa shape index (κ3) is 2.07. The van der Waals surface area contributed by atoms with Crippen molar-refractivity contribution in [3.8, 4) is 11.4 Å². The summed E-state index contributed by atoms with van der Waals surface area (Å²) in [6.45, 7) is 3.58. The number of nitrogens with one attached hydrogen (secondary N) is 2. The van der Waals surface area contributed by atoms with Gasteiger partial charge in [0.15, 0.2) is 5.41 Å². The van der Waals surface area contributed by atoms with E-state index in [2.05, 4.69) is 15.3 Å². The average Bonchev–Trinajstić information content (AvgIpc) is 2.86. The lowest BCUT2D eigenvalue weighted by molar-refractivity contribution is -0.149. The molecule has 0 spiro atoms. The van der Waals surface area contributed by atoms with Crippen LogP contribution in [0.15, 0.2) is 36.7 Å². The second kappa shape index (κ2) is 4.69. The predicted molar refractivity (Wildman–Crippen MR) is 81.1 cm³/mol. The lowest BCUT2D eigenvalue weighted by Gasteiger charge is -2.15. The fourth-order valence-corrected chi connectivity index (χ4v) is 2.84. The van der Waals surface area contributed by atoms with Gasteiger partial charge in [-0.1, -0.05) is 13.8 Å². The van der Waals surface area contributed by atoms with Crippen LogP contribution in [0, 0.1) is 10.8 Å². The summed E-state index contributed by atoms with van der Waals surface area (Å²) >= 11 is 0. The number of anilines is 1. The number of H-pyrrole nitrogens is 1. The molecular formula is C16H17N3O3. The van der Waals surface area contributed by atoms with Crippen molar-refractivity contribution >= 4 is 17.6 Å². The summed E-state index contributed by atoms with van der Waals surface area (Å²) in [5.41, 5.74) is -0.379. The van der Waals surface area contributed by atoms with Crippen molar-refractivity contribution < 1.29 is 14.7 Å². The van der Waals surface area contributed by atoms with E-state index in [1.807, 2.05) is 12.1 Å². The van der Waals surface area contributed by atoms with Crippen LogP contribution >= 0.6 is 0 Å². The second-order valence-corrected chi connectivity index (χ2v) is 6.24. The molecular weight excluding hydrogens is 282 g/mol. The van der Waals surface area contributed by atoms with Crippen molar-refractivity contribution in [1.82, 2.24) is 9.97 Å². The van der Waals surface area contributed by atoms with Crippen LogP contribution in [0.5, 0.6) is 0 Å². The summed E-state index contributed by atoms with van der Waals surface area (Å²) in [4.78, 5) is 31.0. The maximum atomic E-state index is 12.4. The monoisotopic (exact) mass is 299 g/mol. The van der Waals surface area contributed by atoms with Gasteiger partial charge in [0.25, 0.3) is 0 Å². The zero-order valence-electron chi connectivity index (χ0n) is 12.4. The molecule has 3 N–H and O–H groups in total. The van der Waals surface area contributed by atoms with Crippen molar-refractivity contribution in [2.24, 2.45) is 10.8 Å². The molecule has 0 bridgehead atoms. The van der Waals surface area contributed by atoms with Crippen molar-refractivity contribution in [2.75, 3.05) is 5.32 Å². The van der Waals surface area contributed by atoms with Crippen molar-refractivity contribution in [1.29, 1.82) is 0 Å². The molecule has 0 saturated heterocycles. The Bertz CT molecular complexity index is 720. The first kappa shape index (κ1) is 14.3. The highest BCUT2D eigenvalue weighted by atomic mass is 16.4. The first-order valence-electron chi connectivity index (χ1n) is 7.01. The number of aromatic amines is 1. The smallest absolute Gasteiger partial charge is 0.319 e. The Morgan fingerprint density at radius 2 is 1.91 bits per heavy atom. The summed E-state index contributed by atoms with van der Waals surface area (Å²) in [5.74, 6) is -0.791.